The van der Waals surface area contributed by atoms with Crippen LogP contribution < -0.4 is 4.90 Å². The average Bonchev–Trinajstić information content (AvgIpc) is 4.12. The Bertz CT molecular complexity index is 4220. The van der Waals surface area contributed by atoms with Crippen LogP contribution in [0.4, 0.5) is 17.1 Å². The summed E-state index contributed by atoms with van der Waals surface area (Å²) in [5.74, 6) is 0. The normalized spacial score (nSPS) is 12.8. The van der Waals surface area contributed by atoms with Gasteiger partial charge in [-0.3, -0.25) is 0 Å². The predicted molar refractivity (Wildman–Crippen MR) is 310 cm³/mol. The first kappa shape index (κ1) is 41.7. The summed E-state index contributed by atoms with van der Waals surface area (Å²) in [5.41, 5.74) is 23.1. The lowest BCUT2D eigenvalue weighted by Crippen LogP contribution is -2.26. The van der Waals surface area contributed by atoms with E-state index >= 15 is 0 Å². The second kappa shape index (κ2) is 16.5. The first-order valence-corrected chi connectivity index (χ1v) is 26.1. The first-order chi connectivity index (χ1) is 36.2. The van der Waals surface area contributed by atoms with Gasteiger partial charge < -0.3 is 4.90 Å². The molecule has 12 aromatic carbocycles. The van der Waals surface area contributed by atoms with Gasteiger partial charge in [-0.05, 0) is 137 Å². The highest BCUT2D eigenvalue weighted by Crippen LogP contribution is 2.63. The number of hydrogen-bond acceptors (Lipinski definition) is 2. The van der Waals surface area contributed by atoms with E-state index in [2.05, 4.69) is 278 Å². The molecule has 73 heavy (non-hydrogen) atoms. The van der Waals surface area contributed by atoms with Gasteiger partial charge in [-0.2, -0.15) is 0 Å². The molecule has 2 aliphatic rings. The number of anilines is 3. The fourth-order valence-electron chi connectivity index (χ4n) is 12.6. The van der Waals surface area contributed by atoms with Gasteiger partial charge in [0.2, 0.25) is 0 Å². The molecular formula is C71H45NS. The largest absolute Gasteiger partial charge is 0.310 e. The number of nitrogens with zero attached hydrogens (tertiary/aromatic N) is 1. The van der Waals surface area contributed by atoms with E-state index in [1.807, 2.05) is 11.3 Å². The second-order valence-electron chi connectivity index (χ2n) is 19.5. The molecule has 0 amide bonds. The van der Waals surface area contributed by atoms with Crippen molar-refractivity contribution in [2.24, 2.45) is 0 Å². The third-order valence-electron chi connectivity index (χ3n) is 15.7. The molecule has 340 valence electrons. The lowest BCUT2D eigenvalue weighted by atomic mass is 9.70. The van der Waals surface area contributed by atoms with Crippen molar-refractivity contribution in [2.45, 2.75) is 5.41 Å². The Labute approximate surface area is 429 Å². The van der Waals surface area contributed by atoms with Gasteiger partial charge in [0.25, 0.3) is 0 Å². The monoisotopic (exact) mass is 943 g/mol. The lowest BCUT2D eigenvalue weighted by molar-refractivity contribution is 0.793. The summed E-state index contributed by atoms with van der Waals surface area (Å²) in [6.07, 6.45) is 0. The van der Waals surface area contributed by atoms with Crippen LogP contribution in [0.3, 0.4) is 0 Å². The average molecular weight is 944 g/mol. The van der Waals surface area contributed by atoms with E-state index in [0.717, 1.165) is 17.1 Å². The number of benzene rings is 12. The van der Waals surface area contributed by atoms with Crippen molar-refractivity contribution in [3.8, 4) is 66.8 Å². The summed E-state index contributed by atoms with van der Waals surface area (Å²) in [4.78, 5) is 2.46. The van der Waals surface area contributed by atoms with E-state index < -0.39 is 5.41 Å². The first-order valence-electron chi connectivity index (χ1n) is 25.2. The third kappa shape index (κ3) is 6.27. The van der Waals surface area contributed by atoms with E-state index in [1.165, 1.54) is 120 Å². The van der Waals surface area contributed by atoms with Crippen LogP contribution in [0.15, 0.2) is 273 Å². The van der Waals surface area contributed by atoms with Crippen molar-refractivity contribution < 1.29 is 0 Å². The molecule has 15 rings (SSSR count). The van der Waals surface area contributed by atoms with Crippen LogP contribution in [0, 0.1) is 0 Å². The maximum Gasteiger partial charge on any atom is 0.0726 e. The van der Waals surface area contributed by atoms with E-state index in [0.29, 0.717) is 0 Å². The highest BCUT2D eigenvalue weighted by atomic mass is 32.1. The molecule has 1 heterocycles. The fraction of sp³-hybridized carbons (Fsp3) is 0.0141. The van der Waals surface area contributed by atoms with Crippen LogP contribution in [0.2, 0.25) is 0 Å². The summed E-state index contributed by atoms with van der Waals surface area (Å²) in [6, 6.07) is 101. The van der Waals surface area contributed by atoms with Crippen molar-refractivity contribution >= 4 is 59.3 Å². The lowest BCUT2D eigenvalue weighted by Gasteiger charge is -2.32. The Morgan fingerprint density at radius 1 is 0.274 bits per heavy atom. The molecule has 0 bridgehead atoms. The zero-order valence-corrected chi connectivity index (χ0v) is 40.7. The van der Waals surface area contributed by atoms with Crippen LogP contribution in [0.5, 0.6) is 0 Å². The van der Waals surface area contributed by atoms with Crippen molar-refractivity contribution in [2.75, 3.05) is 4.90 Å². The smallest absolute Gasteiger partial charge is 0.0726 e. The minimum Gasteiger partial charge on any atom is -0.310 e. The Morgan fingerprint density at radius 2 is 0.671 bits per heavy atom. The molecule has 0 saturated carbocycles. The van der Waals surface area contributed by atoms with Gasteiger partial charge in [0.1, 0.15) is 0 Å². The molecule has 2 aliphatic carbocycles. The number of hydrogen-bond donors (Lipinski definition) is 0. The molecule has 1 nitrogen and oxygen atoms in total. The molecule has 0 N–H and O–H groups in total. The quantitative estimate of drug-likeness (QED) is 0.154. The van der Waals surface area contributed by atoms with Crippen LogP contribution in [0.25, 0.3) is 97.7 Å². The van der Waals surface area contributed by atoms with Crippen molar-refractivity contribution in [1.82, 2.24) is 0 Å². The van der Waals surface area contributed by atoms with Crippen molar-refractivity contribution in [3.05, 3.63) is 295 Å². The van der Waals surface area contributed by atoms with E-state index in [9.17, 15) is 0 Å². The van der Waals surface area contributed by atoms with Crippen LogP contribution in [-0.2, 0) is 5.41 Å². The SMILES string of the molecule is c1ccc(-c2ccc(-c3c(-c4ccc(N(c5ccc(-c6ccccc6)cc5)c5ccc6c(c5)C5(c7ccccc7-c7ccccc75)c5ccccc5-6)cc4)c4ccccc4c4sc5ccccc5c34)cc2)cc1. The molecule has 0 atom stereocenters. The van der Waals surface area contributed by atoms with Crippen LogP contribution in [0.1, 0.15) is 22.3 Å². The van der Waals surface area contributed by atoms with Gasteiger partial charge in [0, 0.05) is 42.6 Å². The van der Waals surface area contributed by atoms with Crippen LogP contribution in [-0.4, -0.2) is 0 Å². The summed E-state index contributed by atoms with van der Waals surface area (Å²) in [7, 11) is 0. The van der Waals surface area contributed by atoms with E-state index in [4.69, 9.17) is 0 Å². The van der Waals surface area contributed by atoms with Gasteiger partial charge in [-0.15, -0.1) is 11.3 Å². The van der Waals surface area contributed by atoms with Crippen molar-refractivity contribution in [3.63, 3.8) is 0 Å². The maximum atomic E-state index is 2.49. The predicted octanol–water partition coefficient (Wildman–Crippen LogP) is 19.7. The summed E-state index contributed by atoms with van der Waals surface area (Å²) in [5, 5.41) is 5.15. The van der Waals surface area contributed by atoms with E-state index in [1.54, 1.807) is 0 Å². The van der Waals surface area contributed by atoms with Crippen molar-refractivity contribution in [1.29, 1.82) is 0 Å². The summed E-state index contributed by atoms with van der Waals surface area (Å²) in [6.45, 7) is 0. The Morgan fingerprint density at radius 3 is 1.25 bits per heavy atom. The minimum atomic E-state index is -0.455. The van der Waals surface area contributed by atoms with Gasteiger partial charge in [-0.25, -0.2) is 0 Å². The third-order valence-corrected chi connectivity index (χ3v) is 16.9. The molecule has 13 aromatic rings. The number of fused-ring (bicyclic) bond motifs is 15. The van der Waals surface area contributed by atoms with Crippen LogP contribution >= 0.6 is 11.3 Å². The molecule has 0 saturated heterocycles. The molecule has 0 radical (unpaired) electrons. The second-order valence-corrected chi connectivity index (χ2v) is 20.5. The van der Waals surface area contributed by atoms with Gasteiger partial charge >= 0.3 is 0 Å². The summed E-state index contributed by atoms with van der Waals surface area (Å²) >= 11 is 1.90. The van der Waals surface area contributed by atoms with Gasteiger partial charge in [0.05, 0.1) is 5.41 Å². The zero-order chi connectivity index (χ0) is 48.0. The van der Waals surface area contributed by atoms with Gasteiger partial charge in [-0.1, -0.05) is 231 Å². The van der Waals surface area contributed by atoms with E-state index in [-0.39, 0.29) is 0 Å². The molecular weight excluding hydrogens is 899 g/mol. The molecule has 1 aromatic heterocycles. The molecule has 0 fully saturated rings. The Hall–Kier alpha value is -9.08. The highest BCUT2D eigenvalue weighted by Gasteiger charge is 2.51. The molecule has 0 unspecified atom stereocenters. The highest BCUT2D eigenvalue weighted by molar-refractivity contribution is 7.26. The molecule has 1 spiro atoms. The topological polar surface area (TPSA) is 3.24 Å². The number of rotatable bonds is 7. The standard InChI is InChI=1S/C71H45NS/c1-3-17-46(18-4-1)48-31-33-51(34-32-48)68-67(59-24-7-8-25-60(59)70-69(68)61-26-12-16-30-66(61)73-70)50-37-41-53(42-38-50)72(52-39-35-49(36-40-52)47-19-5-2-6-20-47)54-43-44-58-57-23-11-15-29-64(57)71(65(58)45-54)62-27-13-9-21-55(62)56-22-10-14-28-63(56)71/h1-45H. The Balaban J connectivity index is 0.939. The maximum absolute atomic E-state index is 2.49. The number of thiophene rings is 1. The summed E-state index contributed by atoms with van der Waals surface area (Å²) < 4.78 is 2.63. The molecule has 0 aliphatic heterocycles. The fourth-order valence-corrected chi connectivity index (χ4v) is 13.8. The minimum absolute atomic E-state index is 0.455. The van der Waals surface area contributed by atoms with Gasteiger partial charge in [0.15, 0.2) is 0 Å². The Kier molecular flexibility index (Phi) is 9.42. The zero-order valence-electron chi connectivity index (χ0n) is 39.8. The molecule has 2 heteroatoms.